The molecule has 2 aliphatic heterocycles. The maximum absolute atomic E-state index is 13.2. The van der Waals surface area contributed by atoms with E-state index in [1.807, 2.05) is 13.8 Å². The Bertz CT molecular complexity index is 804. The molecule has 0 N–H and O–H groups in total. The van der Waals surface area contributed by atoms with Crippen LogP contribution in [-0.2, 0) is 10.0 Å². The monoisotopic (exact) mass is 390 g/mol. The molecular weight excluding hydrogens is 360 g/mol. The van der Waals surface area contributed by atoms with E-state index in [1.165, 1.54) is 23.6 Å². The second-order valence-corrected chi connectivity index (χ2v) is 11.0. The number of rotatable bonds is 4. The molecule has 2 saturated heterocycles. The third-order valence-electron chi connectivity index (χ3n) is 6.87. The van der Waals surface area contributed by atoms with Gasteiger partial charge in [0.25, 0.3) is 5.91 Å². The lowest BCUT2D eigenvalue weighted by Gasteiger charge is -2.39. The first kappa shape index (κ1) is 18.9. The summed E-state index contributed by atoms with van der Waals surface area (Å²) in [4.78, 5) is 15.5. The average molecular weight is 391 g/mol. The molecule has 0 spiro atoms. The maximum Gasteiger partial charge on any atom is 0.254 e. The van der Waals surface area contributed by atoms with Gasteiger partial charge in [0.2, 0.25) is 10.0 Å². The average Bonchev–Trinajstić information content (AvgIpc) is 2.83. The van der Waals surface area contributed by atoms with Crippen LogP contribution in [0, 0.1) is 17.8 Å². The second kappa shape index (κ2) is 6.89. The topological polar surface area (TPSA) is 57.7 Å². The Hall–Kier alpha value is -1.40. The number of nitrogens with zero attached hydrogens (tertiary/aromatic N) is 2. The largest absolute Gasteiger partial charge is 0.335 e. The molecule has 4 fully saturated rings. The van der Waals surface area contributed by atoms with Crippen LogP contribution in [0.25, 0.3) is 0 Å². The quantitative estimate of drug-likeness (QED) is 0.792. The molecule has 5 rings (SSSR count). The van der Waals surface area contributed by atoms with Gasteiger partial charge in [0, 0.05) is 31.2 Å². The van der Waals surface area contributed by atoms with Gasteiger partial charge in [-0.15, -0.1) is 0 Å². The van der Waals surface area contributed by atoms with Gasteiger partial charge in [-0.05, 0) is 88.0 Å². The van der Waals surface area contributed by atoms with Gasteiger partial charge >= 0.3 is 0 Å². The SMILES string of the molecule is CC(C)N(C)S(=O)(=O)c1ccc(C(=O)N2CC3CC4CC(C3)CC2C4)cc1. The summed E-state index contributed by atoms with van der Waals surface area (Å²) in [5, 5.41) is 0. The molecule has 2 unspecified atom stereocenters. The number of benzene rings is 1. The van der Waals surface area contributed by atoms with E-state index in [4.69, 9.17) is 0 Å². The fourth-order valence-electron chi connectivity index (χ4n) is 5.41. The second-order valence-electron chi connectivity index (χ2n) is 9.03. The van der Waals surface area contributed by atoms with Gasteiger partial charge in [-0.1, -0.05) is 0 Å². The van der Waals surface area contributed by atoms with Gasteiger partial charge in [0.15, 0.2) is 0 Å². The minimum Gasteiger partial charge on any atom is -0.335 e. The number of sulfonamides is 1. The van der Waals surface area contributed by atoms with E-state index in [0.29, 0.717) is 17.5 Å². The molecule has 2 saturated carbocycles. The van der Waals surface area contributed by atoms with Crippen molar-refractivity contribution in [1.82, 2.24) is 9.21 Å². The summed E-state index contributed by atoms with van der Waals surface area (Å²) < 4.78 is 26.6. The summed E-state index contributed by atoms with van der Waals surface area (Å²) in [7, 11) is -1.93. The molecule has 4 aliphatic rings. The molecule has 2 aliphatic carbocycles. The Morgan fingerprint density at radius 2 is 1.56 bits per heavy atom. The van der Waals surface area contributed by atoms with Crippen molar-refractivity contribution in [3.8, 4) is 0 Å². The normalized spacial score (nSPS) is 30.2. The van der Waals surface area contributed by atoms with Crippen LogP contribution < -0.4 is 0 Å². The van der Waals surface area contributed by atoms with Crippen LogP contribution in [0.1, 0.15) is 56.3 Å². The molecule has 1 aromatic rings. The van der Waals surface area contributed by atoms with E-state index in [-0.39, 0.29) is 16.8 Å². The van der Waals surface area contributed by atoms with Gasteiger partial charge in [-0.2, -0.15) is 4.31 Å². The highest BCUT2D eigenvalue weighted by Gasteiger charge is 2.44. The van der Waals surface area contributed by atoms with Crippen LogP contribution in [0.2, 0.25) is 0 Å². The maximum atomic E-state index is 13.2. The zero-order chi connectivity index (χ0) is 19.3. The van der Waals surface area contributed by atoms with Crippen LogP contribution >= 0.6 is 0 Å². The lowest BCUT2D eigenvalue weighted by atomic mass is 9.68. The Morgan fingerprint density at radius 1 is 1.00 bits per heavy atom. The van der Waals surface area contributed by atoms with Crippen LogP contribution in [-0.4, -0.2) is 49.2 Å². The highest BCUT2D eigenvalue weighted by atomic mass is 32.2. The van der Waals surface area contributed by atoms with Crippen LogP contribution in [0.3, 0.4) is 0 Å². The summed E-state index contributed by atoms with van der Waals surface area (Å²) in [5.74, 6) is 2.30. The molecule has 2 atom stereocenters. The number of hydrogen-bond acceptors (Lipinski definition) is 3. The van der Waals surface area contributed by atoms with Gasteiger partial charge < -0.3 is 4.90 Å². The first-order chi connectivity index (χ1) is 12.8. The van der Waals surface area contributed by atoms with E-state index in [2.05, 4.69) is 4.90 Å². The molecule has 6 heteroatoms. The van der Waals surface area contributed by atoms with E-state index in [9.17, 15) is 13.2 Å². The van der Waals surface area contributed by atoms with E-state index in [1.54, 1.807) is 31.3 Å². The Morgan fingerprint density at radius 3 is 2.11 bits per heavy atom. The predicted molar refractivity (Wildman–Crippen MR) is 105 cm³/mol. The highest BCUT2D eigenvalue weighted by molar-refractivity contribution is 7.89. The van der Waals surface area contributed by atoms with E-state index < -0.39 is 10.0 Å². The van der Waals surface area contributed by atoms with Gasteiger partial charge in [0.1, 0.15) is 0 Å². The highest BCUT2D eigenvalue weighted by Crippen LogP contribution is 2.47. The first-order valence-corrected chi connectivity index (χ1v) is 11.6. The van der Waals surface area contributed by atoms with Crippen molar-refractivity contribution < 1.29 is 13.2 Å². The van der Waals surface area contributed by atoms with Crippen molar-refractivity contribution in [2.24, 2.45) is 17.8 Å². The minimum atomic E-state index is -3.52. The number of hydrogen-bond donors (Lipinski definition) is 0. The molecule has 1 amide bonds. The number of fused-ring (bicyclic) bond motifs is 1. The number of amides is 1. The van der Waals surface area contributed by atoms with Crippen molar-refractivity contribution in [3.63, 3.8) is 0 Å². The molecular formula is C21H30N2O3S. The number of carbonyl (C=O) groups is 1. The molecule has 4 bridgehead atoms. The van der Waals surface area contributed by atoms with Crippen molar-refractivity contribution >= 4 is 15.9 Å². The first-order valence-electron chi connectivity index (χ1n) is 10.1. The fourth-order valence-corrected chi connectivity index (χ4v) is 6.78. The van der Waals surface area contributed by atoms with Crippen LogP contribution in [0.15, 0.2) is 29.2 Å². The van der Waals surface area contributed by atoms with Crippen molar-refractivity contribution in [1.29, 1.82) is 0 Å². The third kappa shape index (κ3) is 3.42. The number of carbonyl (C=O) groups excluding carboxylic acids is 1. The molecule has 148 valence electrons. The molecule has 5 nitrogen and oxygen atoms in total. The molecule has 2 heterocycles. The molecule has 1 aromatic carbocycles. The zero-order valence-electron chi connectivity index (χ0n) is 16.5. The Kier molecular flexibility index (Phi) is 4.83. The molecule has 0 radical (unpaired) electrons. The molecule has 0 aromatic heterocycles. The minimum absolute atomic E-state index is 0.0642. The van der Waals surface area contributed by atoms with E-state index >= 15 is 0 Å². The van der Waals surface area contributed by atoms with E-state index in [0.717, 1.165) is 31.2 Å². The zero-order valence-corrected chi connectivity index (χ0v) is 17.3. The molecule has 27 heavy (non-hydrogen) atoms. The van der Waals surface area contributed by atoms with Gasteiger partial charge in [-0.25, -0.2) is 8.42 Å². The fraction of sp³-hybridized carbons (Fsp3) is 0.667. The standard InChI is InChI=1S/C21H30N2O3S/c1-14(2)22(3)27(25,26)20-6-4-18(5-7-20)21(24)23-13-17-9-15-8-16(10-17)12-19(23)11-15/h4-7,14-17,19H,8-13H2,1-3H3. The Labute approximate surface area is 162 Å². The van der Waals surface area contributed by atoms with Crippen molar-refractivity contribution in [2.75, 3.05) is 13.6 Å². The van der Waals surface area contributed by atoms with Gasteiger partial charge in [0.05, 0.1) is 4.90 Å². The van der Waals surface area contributed by atoms with Gasteiger partial charge in [-0.3, -0.25) is 4.79 Å². The van der Waals surface area contributed by atoms with Crippen LogP contribution in [0.5, 0.6) is 0 Å². The van der Waals surface area contributed by atoms with Crippen molar-refractivity contribution in [2.45, 2.75) is 62.9 Å². The lowest BCUT2D eigenvalue weighted by Crippen LogP contribution is -2.42. The summed E-state index contributed by atoms with van der Waals surface area (Å²) in [6.07, 6.45) is 6.19. The summed E-state index contributed by atoms with van der Waals surface area (Å²) in [6, 6.07) is 6.76. The third-order valence-corrected chi connectivity index (χ3v) is 8.92. The summed E-state index contributed by atoms with van der Waals surface area (Å²) in [6.45, 7) is 4.56. The summed E-state index contributed by atoms with van der Waals surface area (Å²) in [5.41, 5.74) is 0.599. The Balaban J connectivity index is 1.55. The smallest absolute Gasteiger partial charge is 0.254 e. The summed E-state index contributed by atoms with van der Waals surface area (Å²) >= 11 is 0. The van der Waals surface area contributed by atoms with Crippen LogP contribution in [0.4, 0.5) is 0 Å². The lowest BCUT2D eigenvalue weighted by molar-refractivity contribution is 0.0632. The predicted octanol–water partition coefficient (Wildman–Crippen LogP) is 3.37. The van der Waals surface area contributed by atoms with Crippen molar-refractivity contribution in [3.05, 3.63) is 29.8 Å².